The molecule has 1 aromatic rings. The molecule has 0 amide bonds. The van der Waals surface area contributed by atoms with Crippen molar-refractivity contribution in [3.8, 4) is 0 Å². The molecule has 1 aliphatic heterocycles. The van der Waals surface area contributed by atoms with E-state index in [2.05, 4.69) is 15.5 Å². The van der Waals surface area contributed by atoms with Crippen LogP contribution in [0.5, 0.6) is 0 Å². The van der Waals surface area contributed by atoms with Gasteiger partial charge >= 0.3 is 0 Å². The zero-order chi connectivity index (χ0) is 8.23. The molecular formula is C8H13N3O. The molecule has 1 fully saturated rings. The lowest BCUT2D eigenvalue weighted by molar-refractivity contribution is 0.401. The van der Waals surface area contributed by atoms with E-state index in [4.69, 9.17) is 4.52 Å². The summed E-state index contributed by atoms with van der Waals surface area (Å²) in [5, 5.41) is 7.22. The van der Waals surface area contributed by atoms with Crippen molar-refractivity contribution in [3.05, 3.63) is 12.2 Å². The van der Waals surface area contributed by atoms with Crippen LogP contribution in [0, 0.1) is 0 Å². The van der Waals surface area contributed by atoms with Crippen molar-refractivity contribution in [1.82, 2.24) is 15.5 Å². The van der Waals surface area contributed by atoms with Crippen molar-refractivity contribution in [2.75, 3.05) is 13.1 Å². The van der Waals surface area contributed by atoms with Crippen molar-refractivity contribution in [1.29, 1.82) is 0 Å². The Hall–Kier alpha value is -0.900. The average molecular weight is 167 g/mol. The Bertz CT molecular complexity index is 214. The minimum Gasteiger partial charge on any atom is -0.343 e. The van der Waals surface area contributed by atoms with Crippen molar-refractivity contribution in [2.45, 2.75) is 25.2 Å². The van der Waals surface area contributed by atoms with Crippen LogP contribution in [-0.2, 0) is 0 Å². The van der Waals surface area contributed by atoms with Gasteiger partial charge in [-0.1, -0.05) is 11.6 Å². The number of rotatable bonds is 1. The van der Waals surface area contributed by atoms with Gasteiger partial charge < -0.3 is 9.84 Å². The molecule has 0 saturated carbocycles. The third kappa shape index (κ3) is 1.64. The maximum Gasteiger partial charge on any atom is 0.213 e. The normalized spacial score (nSPS) is 25.2. The summed E-state index contributed by atoms with van der Waals surface area (Å²) in [6.07, 6.45) is 5.09. The molecule has 2 heterocycles. The van der Waals surface area contributed by atoms with E-state index in [1.54, 1.807) is 0 Å². The van der Waals surface area contributed by atoms with Crippen LogP contribution in [0.3, 0.4) is 0 Å². The number of nitrogens with zero attached hydrogens (tertiary/aromatic N) is 2. The summed E-state index contributed by atoms with van der Waals surface area (Å²) < 4.78 is 4.72. The highest BCUT2D eigenvalue weighted by atomic mass is 16.5. The van der Waals surface area contributed by atoms with Crippen LogP contribution in [0.25, 0.3) is 0 Å². The number of hydrogen-bond donors (Lipinski definition) is 1. The molecule has 1 saturated heterocycles. The van der Waals surface area contributed by atoms with Crippen LogP contribution in [0.2, 0.25) is 0 Å². The topological polar surface area (TPSA) is 51.0 Å². The highest BCUT2D eigenvalue weighted by Gasteiger charge is 2.17. The van der Waals surface area contributed by atoms with Gasteiger partial charge in [0.15, 0.2) is 5.82 Å². The monoisotopic (exact) mass is 167 g/mol. The molecule has 66 valence electrons. The molecule has 2 rings (SSSR count). The lowest BCUT2D eigenvalue weighted by atomic mass is 10.0. The van der Waals surface area contributed by atoms with Crippen molar-refractivity contribution in [3.63, 3.8) is 0 Å². The first-order valence-corrected chi connectivity index (χ1v) is 4.44. The summed E-state index contributed by atoms with van der Waals surface area (Å²) in [4.78, 5) is 4.06. The summed E-state index contributed by atoms with van der Waals surface area (Å²) in [6, 6.07) is 0. The molecule has 1 N–H and O–H groups in total. The van der Waals surface area contributed by atoms with Gasteiger partial charge in [-0.3, -0.25) is 0 Å². The second-order valence-corrected chi connectivity index (χ2v) is 3.19. The Morgan fingerprint density at radius 3 is 3.33 bits per heavy atom. The minimum absolute atomic E-state index is 0.450. The first-order chi connectivity index (χ1) is 5.97. The SMILES string of the molecule is c1nc(C2CCCCNC2)no1. The van der Waals surface area contributed by atoms with Gasteiger partial charge in [0.1, 0.15) is 0 Å². The van der Waals surface area contributed by atoms with Gasteiger partial charge in [0.05, 0.1) is 0 Å². The van der Waals surface area contributed by atoms with Gasteiger partial charge in [-0.15, -0.1) is 0 Å². The van der Waals surface area contributed by atoms with E-state index in [1.807, 2.05) is 0 Å². The molecule has 0 aliphatic carbocycles. The van der Waals surface area contributed by atoms with Gasteiger partial charge in [0.25, 0.3) is 0 Å². The van der Waals surface area contributed by atoms with E-state index in [-0.39, 0.29) is 0 Å². The predicted molar refractivity (Wildman–Crippen MR) is 43.8 cm³/mol. The Kier molecular flexibility index (Phi) is 2.36. The van der Waals surface area contributed by atoms with E-state index in [1.165, 1.54) is 25.7 Å². The van der Waals surface area contributed by atoms with Crippen LogP contribution in [0.4, 0.5) is 0 Å². The summed E-state index contributed by atoms with van der Waals surface area (Å²) in [5.41, 5.74) is 0. The van der Waals surface area contributed by atoms with Crippen molar-refractivity contribution in [2.24, 2.45) is 0 Å². The Morgan fingerprint density at radius 1 is 1.50 bits per heavy atom. The second-order valence-electron chi connectivity index (χ2n) is 3.19. The summed E-state index contributed by atoms with van der Waals surface area (Å²) in [5.74, 6) is 1.30. The predicted octanol–water partition coefficient (Wildman–Crippen LogP) is 0.927. The van der Waals surface area contributed by atoms with Crippen molar-refractivity contribution < 1.29 is 4.52 Å². The van der Waals surface area contributed by atoms with Crippen LogP contribution in [-0.4, -0.2) is 23.2 Å². The van der Waals surface area contributed by atoms with Gasteiger partial charge in [0.2, 0.25) is 6.39 Å². The van der Waals surface area contributed by atoms with Crippen LogP contribution < -0.4 is 5.32 Å². The minimum atomic E-state index is 0.450. The van der Waals surface area contributed by atoms with Crippen LogP contribution >= 0.6 is 0 Å². The summed E-state index contributed by atoms with van der Waals surface area (Å²) in [6.45, 7) is 2.11. The van der Waals surface area contributed by atoms with E-state index in [0.29, 0.717) is 5.92 Å². The summed E-state index contributed by atoms with van der Waals surface area (Å²) in [7, 11) is 0. The van der Waals surface area contributed by atoms with Crippen LogP contribution in [0.1, 0.15) is 31.0 Å². The van der Waals surface area contributed by atoms with Gasteiger partial charge in [0, 0.05) is 12.5 Å². The fourth-order valence-corrected chi connectivity index (χ4v) is 1.60. The van der Waals surface area contributed by atoms with E-state index in [9.17, 15) is 0 Å². The first-order valence-electron chi connectivity index (χ1n) is 4.44. The fraction of sp³-hybridized carbons (Fsp3) is 0.750. The average Bonchev–Trinajstić information content (AvgIpc) is 2.48. The van der Waals surface area contributed by atoms with Gasteiger partial charge in [-0.25, -0.2) is 0 Å². The third-order valence-electron chi connectivity index (χ3n) is 2.29. The molecule has 0 aromatic carbocycles. The largest absolute Gasteiger partial charge is 0.343 e. The van der Waals surface area contributed by atoms with E-state index < -0.39 is 0 Å². The van der Waals surface area contributed by atoms with Crippen molar-refractivity contribution >= 4 is 0 Å². The lowest BCUT2D eigenvalue weighted by Crippen LogP contribution is -2.19. The molecule has 0 bridgehead atoms. The molecule has 1 aromatic heterocycles. The zero-order valence-electron chi connectivity index (χ0n) is 6.99. The van der Waals surface area contributed by atoms with E-state index >= 15 is 0 Å². The zero-order valence-corrected chi connectivity index (χ0v) is 6.99. The molecule has 4 nitrogen and oxygen atoms in total. The Labute approximate surface area is 71.4 Å². The maximum absolute atomic E-state index is 4.72. The molecule has 0 spiro atoms. The second kappa shape index (κ2) is 3.67. The van der Waals surface area contributed by atoms with E-state index in [0.717, 1.165) is 18.9 Å². The number of aromatic nitrogens is 2. The third-order valence-corrected chi connectivity index (χ3v) is 2.29. The maximum atomic E-state index is 4.72. The van der Waals surface area contributed by atoms with Gasteiger partial charge in [-0.05, 0) is 19.4 Å². The standard InChI is InChI=1S/C8H13N3O/c1-2-4-9-5-7(3-1)8-10-6-12-11-8/h6-7,9H,1-5H2. The molecule has 4 heteroatoms. The summed E-state index contributed by atoms with van der Waals surface area (Å²) >= 11 is 0. The quantitative estimate of drug-likeness (QED) is 0.676. The fourth-order valence-electron chi connectivity index (χ4n) is 1.60. The molecule has 1 unspecified atom stereocenters. The lowest BCUT2D eigenvalue weighted by Gasteiger charge is -2.07. The highest BCUT2D eigenvalue weighted by Crippen LogP contribution is 2.19. The molecule has 12 heavy (non-hydrogen) atoms. The Morgan fingerprint density at radius 2 is 2.50 bits per heavy atom. The molecule has 0 radical (unpaired) electrons. The molecule has 1 atom stereocenters. The first kappa shape index (κ1) is 7.73. The van der Waals surface area contributed by atoms with Gasteiger partial charge in [-0.2, -0.15) is 4.98 Å². The number of hydrogen-bond acceptors (Lipinski definition) is 4. The molecular weight excluding hydrogens is 154 g/mol. The molecule has 1 aliphatic rings. The Balaban J connectivity index is 2.02. The highest BCUT2D eigenvalue weighted by molar-refractivity contribution is 4.93. The smallest absolute Gasteiger partial charge is 0.213 e. The number of nitrogens with one attached hydrogen (secondary N) is 1. The van der Waals surface area contributed by atoms with Crippen LogP contribution in [0.15, 0.2) is 10.9 Å².